The zero-order valence-corrected chi connectivity index (χ0v) is 8.41. The second-order valence-corrected chi connectivity index (χ2v) is 3.09. The Morgan fingerprint density at radius 2 is 2.21 bits per heavy atom. The minimum Gasteiger partial charge on any atom is -0.496 e. The van der Waals surface area contributed by atoms with Crippen molar-refractivity contribution in [2.45, 2.75) is 19.8 Å². The molecule has 1 N–H and O–H groups in total. The van der Waals surface area contributed by atoms with E-state index in [2.05, 4.69) is 6.92 Å². The van der Waals surface area contributed by atoms with E-state index in [0.717, 1.165) is 18.4 Å². The van der Waals surface area contributed by atoms with Crippen LogP contribution in [0.3, 0.4) is 0 Å². The predicted octanol–water partition coefficient (Wildman–Crippen LogP) is 2.35. The normalized spacial score (nSPS) is 9.86. The molecule has 0 aliphatic carbocycles. The van der Waals surface area contributed by atoms with E-state index in [1.165, 1.54) is 7.11 Å². The van der Waals surface area contributed by atoms with E-state index < -0.39 is 5.97 Å². The number of carboxylic acid groups (broad SMARTS) is 1. The molecule has 0 heterocycles. The second-order valence-electron chi connectivity index (χ2n) is 3.09. The van der Waals surface area contributed by atoms with Gasteiger partial charge in [0.1, 0.15) is 11.3 Å². The first-order valence-electron chi connectivity index (χ1n) is 4.59. The third kappa shape index (κ3) is 2.25. The summed E-state index contributed by atoms with van der Waals surface area (Å²) < 4.78 is 5.01. The van der Waals surface area contributed by atoms with E-state index in [-0.39, 0.29) is 5.56 Å². The Labute approximate surface area is 83.3 Å². The lowest BCUT2D eigenvalue weighted by Gasteiger charge is -2.06. The fourth-order valence-corrected chi connectivity index (χ4v) is 1.36. The van der Waals surface area contributed by atoms with Gasteiger partial charge in [0.2, 0.25) is 0 Å². The highest BCUT2D eigenvalue weighted by molar-refractivity contribution is 5.90. The lowest BCUT2D eigenvalue weighted by Crippen LogP contribution is -2.01. The Morgan fingerprint density at radius 1 is 1.50 bits per heavy atom. The number of carbonyl (C=O) groups is 1. The Morgan fingerprint density at radius 3 is 2.71 bits per heavy atom. The molecule has 0 saturated heterocycles. The Hall–Kier alpha value is -1.51. The van der Waals surface area contributed by atoms with E-state index in [1.54, 1.807) is 12.1 Å². The van der Waals surface area contributed by atoms with Crippen LogP contribution in [0.1, 0.15) is 29.3 Å². The molecule has 0 radical (unpaired) electrons. The van der Waals surface area contributed by atoms with Crippen molar-refractivity contribution in [1.82, 2.24) is 0 Å². The summed E-state index contributed by atoms with van der Waals surface area (Å²) in [5, 5.41) is 8.84. The van der Waals surface area contributed by atoms with Gasteiger partial charge in [-0.1, -0.05) is 19.4 Å². The lowest BCUT2D eigenvalue weighted by atomic mass is 10.1. The molecular formula is C11H14O3. The van der Waals surface area contributed by atoms with Crippen molar-refractivity contribution >= 4 is 5.97 Å². The Bertz CT molecular complexity index is 331. The number of hydrogen-bond donors (Lipinski definition) is 1. The molecule has 0 atom stereocenters. The van der Waals surface area contributed by atoms with Gasteiger partial charge in [0.25, 0.3) is 0 Å². The van der Waals surface area contributed by atoms with Gasteiger partial charge in [-0.3, -0.25) is 0 Å². The average Bonchev–Trinajstić information content (AvgIpc) is 2.17. The molecule has 0 bridgehead atoms. The maximum atomic E-state index is 10.8. The summed E-state index contributed by atoms with van der Waals surface area (Å²) in [4.78, 5) is 10.8. The van der Waals surface area contributed by atoms with Gasteiger partial charge in [0.05, 0.1) is 7.11 Å². The number of hydrogen-bond acceptors (Lipinski definition) is 2. The summed E-state index contributed by atoms with van der Waals surface area (Å²) >= 11 is 0. The van der Waals surface area contributed by atoms with Crippen LogP contribution in [0.15, 0.2) is 18.2 Å². The van der Waals surface area contributed by atoms with Crippen LogP contribution in [0.5, 0.6) is 5.75 Å². The maximum Gasteiger partial charge on any atom is 0.339 e. The summed E-state index contributed by atoms with van der Waals surface area (Å²) in [6.45, 7) is 2.08. The number of aryl methyl sites for hydroxylation is 1. The van der Waals surface area contributed by atoms with Crippen LogP contribution in [0.2, 0.25) is 0 Å². The van der Waals surface area contributed by atoms with Crippen LogP contribution in [-0.4, -0.2) is 18.2 Å². The number of benzene rings is 1. The van der Waals surface area contributed by atoms with Gasteiger partial charge in [0, 0.05) is 0 Å². The number of methoxy groups -OCH3 is 1. The lowest BCUT2D eigenvalue weighted by molar-refractivity contribution is 0.0693. The number of ether oxygens (including phenoxy) is 1. The third-order valence-electron chi connectivity index (χ3n) is 2.04. The van der Waals surface area contributed by atoms with Crippen molar-refractivity contribution in [2.24, 2.45) is 0 Å². The molecule has 14 heavy (non-hydrogen) atoms. The minimum absolute atomic E-state index is 0.215. The number of rotatable bonds is 4. The molecule has 0 aliphatic rings. The monoisotopic (exact) mass is 194 g/mol. The summed E-state index contributed by atoms with van der Waals surface area (Å²) in [5.41, 5.74) is 1.32. The van der Waals surface area contributed by atoms with E-state index in [1.807, 2.05) is 6.07 Å². The van der Waals surface area contributed by atoms with Crippen molar-refractivity contribution in [3.05, 3.63) is 29.3 Å². The predicted molar refractivity (Wildman–Crippen MR) is 53.9 cm³/mol. The second kappa shape index (κ2) is 4.65. The minimum atomic E-state index is -0.954. The summed E-state index contributed by atoms with van der Waals surface area (Å²) in [6, 6.07) is 5.20. The fraction of sp³-hybridized carbons (Fsp3) is 0.364. The summed E-state index contributed by atoms with van der Waals surface area (Å²) in [7, 11) is 1.48. The topological polar surface area (TPSA) is 46.5 Å². The molecule has 0 fully saturated rings. The molecule has 0 unspecified atom stereocenters. The van der Waals surface area contributed by atoms with Crippen LogP contribution in [0, 0.1) is 0 Å². The van der Waals surface area contributed by atoms with Gasteiger partial charge in [-0.05, 0) is 24.1 Å². The van der Waals surface area contributed by atoms with E-state index >= 15 is 0 Å². The number of aromatic carboxylic acids is 1. The standard InChI is InChI=1S/C11H14O3/c1-3-4-8-5-6-9(11(12)13)10(7-8)14-2/h5-7H,3-4H2,1-2H3,(H,12,13). The SMILES string of the molecule is CCCc1ccc(C(=O)O)c(OC)c1. The van der Waals surface area contributed by atoms with Crippen molar-refractivity contribution in [1.29, 1.82) is 0 Å². The van der Waals surface area contributed by atoms with Crippen LogP contribution in [0.4, 0.5) is 0 Å². The van der Waals surface area contributed by atoms with Crippen LogP contribution >= 0.6 is 0 Å². The zero-order valence-electron chi connectivity index (χ0n) is 8.41. The van der Waals surface area contributed by atoms with Gasteiger partial charge < -0.3 is 9.84 Å². The summed E-state index contributed by atoms with van der Waals surface area (Å²) in [5.74, 6) is -0.520. The fourth-order valence-electron chi connectivity index (χ4n) is 1.36. The van der Waals surface area contributed by atoms with E-state index in [9.17, 15) is 4.79 Å². The molecule has 3 nitrogen and oxygen atoms in total. The molecule has 1 rings (SSSR count). The van der Waals surface area contributed by atoms with Crippen LogP contribution < -0.4 is 4.74 Å². The van der Waals surface area contributed by atoms with Gasteiger partial charge in [-0.2, -0.15) is 0 Å². The zero-order chi connectivity index (χ0) is 10.6. The largest absolute Gasteiger partial charge is 0.496 e. The van der Waals surface area contributed by atoms with Gasteiger partial charge in [-0.25, -0.2) is 4.79 Å². The van der Waals surface area contributed by atoms with Gasteiger partial charge >= 0.3 is 5.97 Å². The quantitative estimate of drug-likeness (QED) is 0.800. The number of carboxylic acids is 1. The Balaban J connectivity index is 3.05. The summed E-state index contributed by atoms with van der Waals surface area (Å²) in [6.07, 6.45) is 1.98. The average molecular weight is 194 g/mol. The van der Waals surface area contributed by atoms with E-state index in [4.69, 9.17) is 9.84 Å². The van der Waals surface area contributed by atoms with Crippen LogP contribution in [0.25, 0.3) is 0 Å². The van der Waals surface area contributed by atoms with Crippen LogP contribution in [-0.2, 0) is 6.42 Å². The van der Waals surface area contributed by atoms with Gasteiger partial charge in [0.15, 0.2) is 0 Å². The first-order valence-corrected chi connectivity index (χ1v) is 4.59. The highest BCUT2D eigenvalue weighted by atomic mass is 16.5. The highest BCUT2D eigenvalue weighted by Gasteiger charge is 2.10. The first-order chi connectivity index (χ1) is 6.69. The molecule has 76 valence electrons. The smallest absolute Gasteiger partial charge is 0.339 e. The van der Waals surface area contributed by atoms with Crippen molar-refractivity contribution < 1.29 is 14.6 Å². The third-order valence-corrected chi connectivity index (χ3v) is 2.04. The van der Waals surface area contributed by atoms with Gasteiger partial charge in [-0.15, -0.1) is 0 Å². The molecule has 1 aromatic carbocycles. The molecule has 0 saturated carbocycles. The molecule has 0 amide bonds. The van der Waals surface area contributed by atoms with Crippen molar-refractivity contribution in [3.63, 3.8) is 0 Å². The Kier molecular flexibility index (Phi) is 3.51. The molecule has 1 aromatic rings. The molecular weight excluding hydrogens is 180 g/mol. The molecule has 3 heteroatoms. The molecule has 0 aliphatic heterocycles. The van der Waals surface area contributed by atoms with E-state index in [0.29, 0.717) is 5.75 Å². The first kappa shape index (κ1) is 10.6. The van der Waals surface area contributed by atoms with Crippen molar-refractivity contribution in [2.75, 3.05) is 7.11 Å². The molecule has 0 spiro atoms. The molecule has 0 aromatic heterocycles. The highest BCUT2D eigenvalue weighted by Crippen LogP contribution is 2.20. The maximum absolute atomic E-state index is 10.8. The van der Waals surface area contributed by atoms with Crippen molar-refractivity contribution in [3.8, 4) is 5.75 Å².